The third kappa shape index (κ3) is 1.81. The zero-order valence-corrected chi connectivity index (χ0v) is 10.2. The quantitative estimate of drug-likeness (QED) is 0.855. The summed E-state index contributed by atoms with van der Waals surface area (Å²) in [6.07, 6.45) is 1.03. The third-order valence-electron chi connectivity index (χ3n) is 4.05. The Hall–Kier alpha value is -1.42. The van der Waals surface area contributed by atoms with Crippen molar-refractivity contribution in [3.8, 4) is 0 Å². The molecule has 2 N–H and O–H groups in total. The first kappa shape index (κ1) is 11.7. The number of carbonyl (C=O) groups excluding carboxylic acids is 1. The fraction of sp³-hybridized carbons (Fsp3) is 0.500. The Labute approximate surface area is 106 Å². The highest BCUT2D eigenvalue weighted by atomic mass is 19.1. The van der Waals surface area contributed by atoms with Gasteiger partial charge in [0.2, 0.25) is 5.91 Å². The fourth-order valence-corrected chi connectivity index (χ4v) is 2.95. The first-order valence-corrected chi connectivity index (χ1v) is 6.43. The van der Waals surface area contributed by atoms with Crippen LogP contribution >= 0.6 is 0 Å². The normalized spacial score (nSPS) is 24.6. The monoisotopic (exact) mass is 248 g/mol. The summed E-state index contributed by atoms with van der Waals surface area (Å²) in [5, 5.41) is 0. The highest BCUT2D eigenvalue weighted by Crippen LogP contribution is 2.35. The van der Waals surface area contributed by atoms with Gasteiger partial charge in [-0.3, -0.25) is 4.79 Å². The number of carbonyl (C=O) groups is 1. The summed E-state index contributed by atoms with van der Waals surface area (Å²) in [6.45, 7) is 0.418. The first-order chi connectivity index (χ1) is 8.66. The summed E-state index contributed by atoms with van der Waals surface area (Å²) in [5.41, 5.74) is 8.56. The van der Waals surface area contributed by atoms with Crippen LogP contribution in [0.15, 0.2) is 24.3 Å². The molecule has 1 heterocycles. The predicted molar refractivity (Wildman–Crippen MR) is 67.0 cm³/mol. The zero-order valence-electron chi connectivity index (χ0n) is 10.2. The minimum atomic E-state index is -0.864. The molecule has 3 rings (SSSR count). The lowest BCUT2D eigenvalue weighted by Crippen LogP contribution is -2.57. The number of likely N-dealkylation sites (tertiary alicyclic amines) is 1. The van der Waals surface area contributed by atoms with Crippen LogP contribution in [0.4, 0.5) is 4.39 Å². The number of hydrogen-bond acceptors (Lipinski definition) is 2. The van der Waals surface area contributed by atoms with Gasteiger partial charge in [0.05, 0.1) is 19.1 Å². The van der Waals surface area contributed by atoms with Gasteiger partial charge in [-0.2, -0.15) is 0 Å². The number of rotatable bonds is 2. The molecule has 0 aromatic heterocycles. The number of halogens is 1. The van der Waals surface area contributed by atoms with Gasteiger partial charge in [0.1, 0.15) is 6.17 Å². The van der Waals surface area contributed by atoms with Crippen LogP contribution in [0.3, 0.4) is 0 Å². The van der Waals surface area contributed by atoms with Gasteiger partial charge in [-0.1, -0.05) is 24.3 Å². The smallest absolute Gasteiger partial charge is 0.240 e. The fourth-order valence-electron chi connectivity index (χ4n) is 2.95. The van der Waals surface area contributed by atoms with Crippen molar-refractivity contribution >= 4 is 5.91 Å². The van der Waals surface area contributed by atoms with E-state index in [1.165, 1.54) is 16.0 Å². The van der Waals surface area contributed by atoms with Crippen molar-refractivity contribution in [2.24, 2.45) is 5.73 Å². The summed E-state index contributed by atoms with van der Waals surface area (Å²) in [6, 6.07) is 7.61. The number of fused-ring (bicyclic) bond motifs is 1. The van der Waals surface area contributed by atoms with E-state index < -0.39 is 12.2 Å². The molecule has 1 aromatic carbocycles. The molecule has 4 heteroatoms. The summed E-state index contributed by atoms with van der Waals surface area (Å²) in [5.74, 6) is -0.0158. The summed E-state index contributed by atoms with van der Waals surface area (Å²) >= 11 is 0. The summed E-state index contributed by atoms with van der Waals surface area (Å²) in [4.78, 5) is 13.6. The highest BCUT2D eigenvalue weighted by molar-refractivity contribution is 5.84. The third-order valence-corrected chi connectivity index (χ3v) is 4.05. The Balaban J connectivity index is 1.74. The van der Waals surface area contributed by atoms with Gasteiger partial charge < -0.3 is 10.6 Å². The minimum Gasteiger partial charge on any atom is -0.335 e. The van der Waals surface area contributed by atoms with Gasteiger partial charge in [0, 0.05) is 5.92 Å². The van der Waals surface area contributed by atoms with E-state index >= 15 is 0 Å². The number of amides is 1. The average Bonchev–Trinajstić information content (AvgIpc) is 2.77. The predicted octanol–water partition coefficient (Wildman–Crippen LogP) is 1.22. The maximum atomic E-state index is 12.8. The average molecular weight is 248 g/mol. The number of nitrogens with zero attached hydrogens (tertiary/aromatic N) is 1. The number of alkyl halides is 1. The number of hydrogen-bond donors (Lipinski definition) is 1. The van der Waals surface area contributed by atoms with Gasteiger partial charge in [0.25, 0.3) is 0 Å². The van der Waals surface area contributed by atoms with Crippen LogP contribution in [0.2, 0.25) is 0 Å². The van der Waals surface area contributed by atoms with Crippen LogP contribution in [-0.4, -0.2) is 36.1 Å². The lowest BCUT2D eigenvalue weighted by atomic mass is 9.92. The van der Waals surface area contributed by atoms with Gasteiger partial charge >= 0.3 is 0 Å². The van der Waals surface area contributed by atoms with E-state index in [0.717, 1.165) is 12.8 Å². The summed E-state index contributed by atoms with van der Waals surface area (Å²) < 4.78 is 12.8. The molecule has 0 bridgehead atoms. The molecular formula is C14H17FN2O. The number of benzene rings is 1. The standard InChI is InChI=1S/C14H17FN2O/c15-10-7-17(8-10)14(18)13(16)12-6-5-9-3-1-2-4-11(9)12/h1-4,10,12-13H,5-8,16H2/t12?,13-/m0/s1. The molecular weight excluding hydrogens is 231 g/mol. The van der Waals surface area contributed by atoms with Crippen molar-refractivity contribution in [1.82, 2.24) is 4.90 Å². The van der Waals surface area contributed by atoms with Crippen molar-refractivity contribution in [2.45, 2.75) is 31.0 Å². The van der Waals surface area contributed by atoms with E-state index in [2.05, 4.69) is 6.07 Å². The molecule has 2 aliphatic rings. The van der Waals surface area contributed by atoms with Crippen LogP contribution in [0, 0.1) is 0 Å². The van der Waals surface area contributed by atoms with Crippen LogP contribution in [0.5, 0.6) is 0 Å². The van der Waals surface area contributed by atoms with E-state index in [4.69, 9.17) is 5.73 Å². The molecule has 1 saturated heterocycles. The number of nitrogens with two attached hydrogens (primary N) is 1. The maximum Gasteiger partial charge on any atom is 0.240 e. The molecule has 1 aliphatic heterocycles. The van der Waals surface area contributed by atoms with Gasteiger partial charge in [-0.15, -0.1) is 0 Å². The molecule has 1 amide bonds. The van der Waals surface area contributed by atoms with E-state index in [1.807, 2.05) is 18.2 Å². The van der Waals surface area contributed by atoms with Crippen LogP contribution < -0.4 is 5.73 Å². The van der Waals surface area contributed by atoms with Crippen molar-refractivity contribution in [3.63, 3.8) is 0 Å². The lowest BCUT2D eigenvalue weighted by molar-refractivity contribution is -0.140. The molecule has 3 nitrogen and oxygen atoms in total. The van der Waals surface area contributed by atoms with Crippen molar-refractivity contribution in [1.29, 1.82) is 0 Å². The second-order valence-corrected chi connectivity index (χ2v) is 5.21. The van der Waals surface area contributed by atoms with Crippen molar-refractivity contribution in [2.75, 3.05) is 13.1 Å². The van der Waals surface area contributed by atoms with E-state index in [-0.39, 0.29) is 24.9 Å². The molecule has 1 unspecified atom stereocenters. The summed E-state index contributed by atoms with van der Waals surface area (Å²) in [7, 11) is 0. The topological polar surface area (TPSA) is 46.3 Å². The van der Waals surface area contributed by atoms with E-state index in [1.54, 1.807) is 0 Å². The zero-order chi connectivity index (χ0) is 12.7. The first-order valence-electron chi connectivity index (χ1n) is 6.43. The largest absolute Gasteiger partial charge is 0.335 e. The van der Waals surface area contributed by atoms with E-state index in [9.17, 15) is 9.18 Å². The molecule has 1 fully saturated rings. The van der Waals surface area contributed by atoms with Crippen molar-refractivity contribution < 1.29 is 9.18 Å². The Bertz CT molecular complexity index is 471. The van der Waals surface area contributed by atoms with Gasteiger partial charge in [0.15, 0.2) is 0 Å². The molecule has 96 valence electrons. The van der Waals surface area contributed by atoms with Gasteiger partial charge in [-0.25, -0.2) is 4.39 Å². The minimum absolute atomic E-state index is 0.0901. The second-order valence-electron chi connectivity index (χ2n) is 5.21. The maximum absolute atomic E-state index is 12.8. The van der Waals surface area contributed by atoms with Crippen LogP contribution in [0.1, 0.15) is 23.5 Å². The Morgan fingerprint density at radius 3 is 2.83 bits per heavy atom. The SMILES string of the molecule is N[C@H](C(=O)N1CC(F)C1)C1CCc2ccccc21. The Kier molecular flexibility index (Phi) is 2.82. The molecule has 0 radical (unpaired) electrons. The van der Waals surface area contributed by atoms with Crippen molar-refractivity contribution in [3.05, 3.63) is 35.4 Å². The molecule has 0 spiro atoms. The Morgan fingerprint density at radius 1 is 1.39 bits per heavy atom. The molecule has 0 saturated carbocycles. The van der Waals surface area contributed by atoms with Crippen LogP contribution in [-0.2, 0) is 11.2 Å². The van der Waals surface area contributed by atoms with E-state index in [0.29, 0.717) is 0 Å². The van der Waals surface area contributed by atoms with Crippen LogP contribution in [0.25, 0.3) is 0 Å². The molecule has 1 aromatic rings. The molecule has 2 atom stereocenters. The molecule has 1 aliphatic carbocycles. The highest BCUT2D eigenvalue weighted by Gasteiger charge is 2.38. The number of aryl methyl sites for hydroxylation is 1. The molecule has 18 heavy (non-hydrogen) atoms. The lowest BCUT2D eigenvalue weighted by Gasteiger charge is -2.37. The Morgan fingerprint density at radius 2 is 2.11 bits per heavy atom. The second kappa shape index (κ2) is 4.35. The van der Waals surface area contributed by atoms with Gasteiger partial charge in [-0.05, 0) is 24.0 Å².